The second kappa shape index (κ2) is 9.10. The van der Waals surface area contributed by atoms with Crippen molar-refractivity contribution in [1.29, 1.82) is 0 Å². The summed E-state index contributed by atoms with van der Waals surface area (Å²) >= 11 is 5.92. The fourth-order valence-electron chi connectivity index (χ4n) is 2.89. The molecule has 2 rings (SSSR count). The third kappa shape index (κ3) is 6.41. The number of aliphatic hydroxyl groups is 2. The summed E-state index contributed by atoms with van der Waals surface area (Å²) in [7, 11) is 1.23. The van der Waals surface area contributed by atoms with Crippen molar-refractivity contribution < 1.29 is 28.9 Å². The number of amides is 2. The van der Waals surface area contributed by atoms with Gasteiger partial charge in [0.15, 0.2) is 0 Å². The summed E-state index contributed by atoms with van der Waals surface area (Å²) in [4.78, 5) is 27.5. The van der Waals surface area contributed by atoms with Crippen LogP contribution < -0.4 is 16.0 Å². The summed E-state index contributed by atoms with van der Waals surface area (Å²) in [6.45, 7) is 2.30. The Morgan fingerprint density at radius 3 is 2.69 bits per heavy atom. The summed E-state index contributed by atoms with van der Waals surface area (Å²) in [5.41, 5.74) is -2.13. The van der Waals surface area contributed by atoms with Gasteiger partial charge in [-0.25, -0.2) is 14.2 Å². The van der Waals surface area contributed by atoms with Crippen LogP contribution in [0.1, 0.15) is 37.0 Å². The van der Waals surface area contributed by atoms with E-state index in [0.29, 0.717) is 18.5 Å². The smallest absolute Gasteiger partial charge is 0.406 e. The Morgan fingerprint density at radius 1 is 1.45 bits per heavy atom. The van der Waals surface area contributed by atoms with Crippen LogP contribution in [0.4, 0.5) is 14.9 Å². The Morgan fingerprint density at radius 2 is 2.10 bits per heavy atom. The van der Waals surface area contributed by atoms with E-state index in [4.69, 9.17) is 11.6 Å². The van der Waals surface area contributed by atoms with Crippen LogP contribution in [0.3, 0.4) is 0 Å². The zero-order chi connectivity index (χ0) is 21.8. The predicted molar refractivity (Wildman–Crippen MR) is 105 cm³/mol. The minimum absolute atomic E-state index is 0.0388. The van der Waals surface area contributed by atoms with E-state index in [2.05, 4.69) is 25.7 Å². The van der Waals surface area contributed by atoms with Crippen LogP contribution in [0.25, 0.3) is 0 Å². The van der Waals surface area contributed by atoms with Gasteiger partial charge in [-0.15, -0.1) is 0 Å². The molecule has 0 saturated heterocycles. The van der Waals surface area contributed by atoms with Crippen LogP contribution in [0.15, 0.2) is 12.3 Å². The summed E-state index contributed by atoms with van der Waals surface area (Å²) in [6, 6.07) is 1.29. The first-order valence-corrected chi connectivity index (χ1v) is 9.42. The molecule has 0 unspecified atom stereocenters. The highest BCUT2D eigenvalue weighted by atomic mass is 35.5. The maximum atomic E-state index is 13.9. The van der Waals surface area contributed by atoms with Crippen molar-refractivity contribution in [3.8, 4) is 0 Å². The minimum atomic E-state index is -1.65. The molecule has 0 aliphatic heterocycles. The number of aromatic nitrogens is 1. The van der Waals surface area contributed by atoms with E-state index in [1.54, 1.807) is 0 Å². The Kier molecular flexibility index (Phi) is 7.25. The molecule has 0 spiro atoms. The topological polar surface area (TPSA) is 133 Å². The van der Waals surface area contributed by atoms with E-state index in [0.717, 1.165) is 0 Å². The molecule has 0 radical (unpaired) electrons. The number of ether oxygens (including phenoxy) is 1. The quantitative estimate of drug-likeness (QED) is 0.390. The molecular weight excluding hydrogens is 407 g/mol. The third-order valence-corrected chi connectivity index (χ3v) is 4.89. The number of halogens is 2. The lowest BCUT2D eigenvalue weighted by atomic mass is 9.75. The zero-order valence-corrected chi connectivity index (χ0v) is 17.2. The van der Waals surface area contributed by atoms with Crippen LogP contribution >= 0.6 is 11.6 Å². The van der Waals surface area contributed by atoms with Gasteiger partial charge >= 0.3 is 6.09 Å². The van der Waals surface area contributed by atoms with E-state index >= 15 is 0 Å². The number of carbonyl (C=O) groups excluding carboxylic acids is 2. The second-order valence-corrected chi connectivity index (χ2v) is 8.09. The molecular formula is C18H26ClFN4O5. The van der Waals surface area contributed by atoms with E-state index < -0.39 is 29.4 Å². The molecule has 1 atom stereocenters. The largest absolute Gasteiger partial charge is 0.453 e. The molecule has 1 aromatic rings. The molecule has 11 heteroatoms. The van der Waals surface area contributed by atoms with Gasteiger partial charge in [-0.2, -0.15) is 0 Å². The number of methoxy groups -OCH3 is 1. The van der Waals surface area contributed by atoms with Gasteiger partial charge in [0.2, 0.25) is 0 Å². The first kappa shape index (κ1) is 23.1. The molecule has 0 aromatic carbocycles. The van der Waals surface area contributed by atoms with Crippen LogP contribution in [0.2, 0.25) is 5.15 Å². The number of rotatable bonds is 8. The van der Waals surface area contributed by atoms with Crippen LogP contribution in [0.5, 0.6) is 0 Å². The number of alkyl halides is 1. The molecule has 1 fully saturated rings. The number of nitrogens with zero attached hydrogens (tertiary/aromatic N) is 1. The van der Waals surface area contributed by atoms with Gasteiger partial charge in [0, 0.05) is 18.8 Å². The highest BCUT2D eigenvalue weighted by Gasteiger charge is 2.43. The summed E-state index contributed by atoms with van der Waals surface area (Å²) < 4.78 is 18.3. The van der Waals surface area contributed by atoms with E-state index in [9.17, 15) is 24.2 Å². The Bertz CT molecular complexity index is 752. The number of hydrogen-bond acceptors (Lipinski definition) is 7. The average molecular weight is 433 g/mol. The Balaban J connectivity index is 1.97. The maximum absolute atomic E-state index is 13.9. The van der Waals surface area contributed by atoms with E-state index in [1.165, 1.54) is 33.2 Å². The van der Waals surface area contributed by atoms with Crippen molar-refractivity contribution in [2.75, 3.05) is 25.5 Å². The van der Waals surface area contributed by atoms with Crippen molar-refractivity contribution in [1.82, 2.24) is 15.6 Å². The fraction of sp³-hybridized carbons (Fsp3) is 0.611. The number of hydrogen-bond donors (Lipinski definition) is 5. The predicted octanol–water partition coefficient (Wildman–Crippen LogP) is 1.24. The Hall–Kier alpha value is -2.17. The maximum Gasteiger partial charge on any atom is 0.406 e. The van der Waals surface area contributed by atoms with Crippen molar-refractivity contribution in [2.45, 2.75) is 50.1 Å². The Labute approximate surface area is 173 Å². The number of carbonyl (C=O) groups is 2. The van der Waals surface area contributed by atoms with E-state index in [1.807, 2.05) is 0 Å². The van der Waals surface area contributed by atoms with Gasteiger partial charge in [-0.05, 0) is 32.8 Å². The molecule has 1 aromatic heterocycles. The lowest BCUT2D eigenvalue weighted by molar-refractivity contribution is -0.0386. The fourth-order valence-corrected chi connectivity index (χ4v) is 3.05. The summed E-state index contributed by atoms with van der Waals surface area (Å²) in [5, 5.41) is 28.1. The van der Waals surface area contributed by atoms with Crippen molar-refractivity contribution in [3.63, 3.8) is 0 Å². The van der Waals surface area contributed by atoms with Crippen LogP contribution in [-0.4, -0.2) is 70.8 Å². The molecule has 0 bridgehead atoms. The van der Waals surface area contributed by atoms with Gasteiger partial charge < -0.3 is 30.9 Å². The highest BCUT2D eigenvalue weighted by molar-refractivity contribution is 6.29. The lowest BCUT2D eigenvalue weighted by Crippen LogP contribution is -2.56. The SMILES string of the molecule is COC(=O)NC[C@]1(O)C[C@H](Nc2cc(Cl)ncc2C(=O)NC[C@@H](F)C(C)(C)O)C1. The first-order valence-electron chi connectivity index (χ1n) is 9.04. The van der Waals surface area contributed by atoms with E-state index in [-0.39, 0.29) is 29.8 Å². The monoisotopic (exact) mass is 432 g/mol. The molecule has 162 valence electrons. The summed E-state index contributed by atoms with van der Waals surface area (Å²) in [6.07, 6.45) is -0.368. The van der Waals surface area contributed by atoms with Gasteiger partial charge in [-0.1, -0.05) is 11.6 Å². The molecule has 1 aliphatic rings. The number of anilines is 1. The molecule has 5 N–H and O–H groups in total. The minimum Gasteiger partial charge on any atom is -0.453 e. The molecule has 2 amide bonds. The number of pyridine rings is 1. The molecule has 1 aliphatic carbocycles. The third-order valence-electron chi connectivity index (χ3n) is 4.68. The standard InChI is InChI=1S/C18H26ClFN4O5/c1-17(2,27)13(20)8-22-15(25)11-7-21-14(19)4-12(11)24-10-5-18(28,6-10)9-23-16(26)29-3/h4,7,10,13,27-28H,5-6,8-9H2,1-3H3,(H,21,24)(H,22,25)(H,23,26)/t10-,13-,18-/m1/s1. The van der Waals surface area contributed by atoms with Gasteiger partial charge in [0.05, 0.1) is 36.1 Å². The first-order chi connectivity index (χ1) is 13.4. The van der Waals surface area contributed by atoms with Gasteiger partial charge in [-0.3, -0.25) is 4.79 Å². The highest BCUT2D eigenvalue weighted by Crippen LogP contribution is 2.35. The number of alkyl carbamates (subject to hydrolysis) is 1. The van der Waals surface area contributed by atoms with Crippen molar-refractivity contribution in [3.05, 3.63) is 23.0 Å². The zero-order valence-electron chi connectivity index (χ0n) is 16.5. The average Bonchev–Trinajstić information content (AvgIpc) is 2.61. The lowest BCUT2D eigenvalue weighted by Gasteiger charge is -2.44. The van der Waals surface area contributed by atoms with Crippen LogP contribution in [-0.2, 0) is 4.74 Å². The molecule has 1 heterocycles. The van der Waals surface area contributed by atoms with Crippen molar-refractivity contribution >= 4 is 29.3 Å². The molecule has 9 nitrogen and oxygen atoms in total. The van der Waals surface area contributed by atoms with Gasteiger partial charge in [0.25, 0.3) is 5.91 Å². The normalized spacial score (nSPS) is 22.2. The summed E-state index contributed by atoms with van der Waals surface area (Å²) in [5.74, 6) is -0.578. The van der Waals surface area contributed by atoms with Crippen LogP contribution in [0, 0.1) is 0 Å². The van der Waals surface area contributed by atoms with Crippen molar-refractivity contribution in [2.24, 2.45) is 0 Å². The number of nitrogens with one attached hydrogen (secondary N) is 3. The van der Waals surface area contributed by atoms with Gasteiger partial charge in [0.1, 0.15) is 11.3 Å². The molecule has 29 heavy (non-hydrogen) atoms. The molecule has 1 saturated carbocycles. The second-order valence-electron chi connectivity index (χ2n) is 7.70.